The summed E-state index contributed by atoms with van der Waals surface area (Å²) < 4.78 is 0. The molecule has 1 heterocycles. The molecule has 0 aliphatic rings. The monoisotopic (exact) mass is 290 g/mol. The van der Waals surface area contributed by atoms with Gasteiger partial charge in [-0.2, -0.15) is 5.26 Å². The minimum Gasteiger partial charge on any atom is -0.298 e. The van der Waals surface area contributed by atoms with Gasteiger partial charge in [-0.05, 0) is 31.5 Å². The quantitative estimate of drug-likeness (QED) is 0.859. The Balaban J connectivity index is 2.38. The zero-order valence-electron chi connectivity index (χ0n) is 10.5. The molecule has 0 saturated heterocycles. The Morgan fingerprint density at radius 3 is 2.84 bits per heavy atom. The molecule has 3 nitrogen and oxygen atoms in total. The van der Waals surface area contributed by atoms with Crippen LogP contribution in [0.15, 0.2) is 23.6 Å². The summed E-state index contributed by atoms with van der Waals surface area (Å²) in [4.78, 5) is 15.7. The summed E-state index contributed by atoms with van der Waals surface area (Å²) in [6.45, 7) is 3.33. The summed E-state index contributed by atoms with van der Waals surface area (Å²) in [7, 11) is 0. The van der Waals surface area contributed by atoms with Gasteiger partial charge in [0, 0.05) is 16.0 Å². The first kappa shape index (κ1) is 13.7. The van der Waals surface area contributed by atoms with Crippen LogP contribution in [0.2, 0.25) is 5.02 Å². The third-order valence-electron chi connectivity index (χ3n) is 2.76. The van der Waals surface area contributed by atoms with E-state index in [1.807, 2.05) is 36.6 Å². The highest BCUT2D eigenvalue weighted by Gasteiger charge is 2.20. The molecule has 2 rings (SSSR count). The number of ketones is 1. The molecule has 1 atom stereocenters. The molecule has 19 heavy (non-hydrogen) atoms. The maximum atomic E-state index is 11.3. The van der Waals surface area contributed by atoms with Crippen LogP contribution >= 0.6 is 22.9 Å². The van der Waals surface area contributed by atoms with Crippen molar-refractivity contribution < 1.29 is 4.79 Å². The van der Waals surface area contributed by atoms with E-state index in [4.69, 9.17) is 16.9 Å². The van der Waals surface area contributed by atoms with E-state index in [-0.39, 0.29) is 5.78 Å². The third kappa shape index (κ3) is 2.83. The zero-order valence-corrected chi connectivity index (χ0v) is 12.0. The van der Waals surface area contributed by atoms with Crippen molar-refractivity contribution in [3.05, 3.63) is 39.2 Å². The molecule has 0 saturated carbocycles. The number of aryl methyl sites for hydroxylation is 1. The van der Waals surface area contributed by atoms with E-state index in [1.165, 1.54) is 18.3 Å². The summed E-state index contributed by atoms with van der Waals surface area (Å²) in [5.41, 5.74) is 2.67. The van der Waals surface area contributed by atoms with E-state index in [2.05, 4.69) is 4.98 Å². The summed E-state index contributed by atoms with van der Waals surface area (Å²) in [5.74, 6) is -0.956. The van der Waals surface area contributed by atoms with Crippen LogP contribution in [0.25, 0.3) is 11.3 Å². The highest BCUT2D eigenvalue weighted by molar-refractivity contribution is 7.10. The molecule has 0 aliphatic heterocycles. The van der Waals surface area contributed by atoms with Crippen LogP contribution in [0.1, 0.15) is 23.4 Å². The minimum absolute atomic E-state index is 0.185. The molecule has 1 aromatic carbocycles. The van der Waals surface area contributed by atoms with Gasteiger partial charge in [0.05, 0.1) is 11.8 Å². The molecular formula is C14H11ClN2OS. The highest BCUT2D eigenvalue weighted by atomic mass is 35.5. The third-order valence-corrected chi connectivity index (χ3v) is 4.09. The van der Waals surface area contributed by atoms with E-state index >= 15 is 0 Å². The number of nitriles is 1. The van der Waals surface area contributed by atoms with Gasteiger partial charge in [0.1, 0.15) is 5.01 Å². The lowest BCUT2D eigenvalue weighted by atomic mass is 10.1. The molecule has 1 aromatic heterocycles. The number of hydrogen-bond acceptors (Lipinski definition) is 4. The second-order valence-corrected chi connectivity index (χ2v) is 5.50. The van der Waals surface area contributed by atoms with Crippen LogP contribution in [-0.4, -0.2) is 10.8 Å². The summed E-state index contributed by atoms with van der Waals surface area (Å²) in [6.07, 6.45) is 0. The first-order chi connectivity index (χ1) is 9.02. The number of halogens is 1. The Labute approximate surface area is 120 Å². The highest BCUT2D eigenvalue weighted by Crippen LogP contribution is 2.29. The fraction of sp³-hybridized carbons (Fsp3) is 0.214. The normalized spacial score (nSPS) is 11.9. The topological polar surface area (TPSA) is 53.8 Å². The van der Waals surface area contributed by atoms with E-state index in [9.17, 15) is 4.79 Å². The number of benzene rings is 1. The maximum Gasteiger partial charge on any atom is 0.156 e. The number of carbonyl (C=O) groups is 1. The Morgan fingerprint density at radius 2 is 2.26 bits per heavy atom. The number of thiazole rings is 1. The van der Waals surface area contributed by atoms with Gasteiger partial charge in [-0.3, -0.25) is 4.79 Å². The Bertz CT molecular complexity index is 672. The van der Waals surface area contributed by atoms with Crippen molar-refractivity contribution in [2.75, 3.05) is 0 Å². The number of aromatic nitrogens is 1. The molecular weight excluding hydrogens is 280 g/mol. The van der Waals surface area contributed by atoms with Crippen molar-refractivity contribution in [2.45, 2.75) is 19.8 Å². The van der Waals surface area contributed by atoms with Crippen molar-refractivity contribution in [1.29, 1.82) is 5.26 Å². The number of carbonyl (C=O) groups excluding carboxylic acids is 1. The average molecular weight is 291 g/mol. The van der Waals surface area contributed by atoms with Crippen LogP contribution in [0, 0.1) is 18.3 Å². The van der Waals surface area contributed by atoms with Gasteiger partial charge in [-0.25, -0.2) is 4.98 Å². The van der Waals surface area contributed by atoms with Crippen LogP contribution in [-0.2, 0) is 4.79 Å². The molecule has 0 spiro atoms. The van der Waals surface area contributed by atoms with Crippen molar-refractivity contribution >= 4 is 28.7 Å². The van der Waals surface area contributed by atoms with E-state index in [0.717, 1.165) is 16.8 Å². The number of Topliss-reactive ketones (excluding diaryl/α,β-unsaturated/α-hetero) is 1. The van der Waals surface area contributed by atoms with Gasteiger partial charge < -0.3 is 0 Å². The second-order valence-electron chi connectivity index (χ2n) is 4.21. The van der Waals surface area contributed by atoms with Gasteiger partial charge in [0.25, 0.3) is 0 Å². The van der Waals surface area contributed by atoms with Crippen molar-refractivity contribution in [3.63, 3.8) is 0 Å². The van der Waals surface area contributed by atoms with Crippen molar-refractivity contribution in [1.82, 2.24) is 4.98 Å². The smallest absolute Gasteiger partial charge is 0.156 e. The predicted molar refractivity (Wildman–Crippen MR) is 76.3 cm³/mol. The largest absolute Gasteiger partial charge is 0.298 e. The summed E-state index contributed by atoms with van der Waals surface area (Å²) in [5, 5.41) is 12.1. The molecule has 0 amide bonds. The average Bonchev–Trinajstić information content (AvgIpc) is 2.82. The van der Waals surface area contributed by atoms with Crippen LogP contribution in [0.4, 0.5) is 0 Å². The number of rotatable bonds is 3. The van der Waals surface area contributed by atoms with Crippen LogP contribution < -0.4 is 0 Å². The molecule has 0 N–H and O–H groups in total. The minimum atomic E-state index is -0.771. The van der Waals surface area contributed by atoms with E-state index < -0.39 is 5.92 Å². The second kappa shape index (κ2) is 5.52. The lowest BCUT2D eigenvalue weighted by Crippen LogP contribution is -2.05. The molecule has 96 valence electrons. The van der Waals surface area contributed by atoms with E-state index in [0.29, 0.717) is 10.0 Å². The van der Waals surface area contributed by atoms with Gasteiger partial charge in [-0.1, -0.05) is 17.7 Å². The van der Waals surface area contributed by atoms with Crippen molar-refractivity contribution in [3.8, 4) is 17.3 Å². The van der Waals surface area contributed by atoms with Gasteiger partial charge in [0.15, 0.2) is 11.7 Å². The first-order valence-electron chi connectivity index (χ1n) is 5.65. The molecule has 0 aliphatic carbocycles. The lowest BCUT2D eigenvalue weighted by molar-refractivity contribution is -0.117. The fourth-order valence-corrected chi connectivity index (χ4v) is 2.72. The standard InChI is InChI=1S/C14H11ClN2OS/c1-8-5-10(3-4-12(8)15)13-7-19-14(17-13)11(6-16)9(2)18/h3-5,7,11H,1-2H3. The molecule has 5 heteroatoms. The lowest BCUT2D eigenvalue weighted by Gasteiger charge is -2.02. The van der Waals surface area contributed by atoms with Crippen LogP contribution in [0.5, 0.6) is 0 Å². The van der Waals surface area contributed by atoms with E-state index in [1.54, 1.807) is 0 Å². The molecule has 0 fully saturated rings. The maximum absolute atomic E-state index is 11.3. The Morgan fingerprint density at radius 1 is 1.53 bits per heavy atom. The van der Waals surface area contributed by atoms with Gasteiger partial charge in [0.2, 0.25) is 0 Å². The predicted octanol–water partition coefficient (Wildman–Crippen LogP) is 3.97. The van der Waals surface area contributed by atoms with Crippen LogP contribution in [0.3, 0.4) is 0 Å². The SMILES string of the molecule is CC(=O)C(C#N)c1nc(-c2ccc(Cl)c(C)c2)cs1. The molecule has 0 bridgehead atoms. The molecule has 2 aromatic rings. The number of hydrogen-bond donors (Lipinski definition) is 0. The van der Waals surface area contributed by atoms with Gasteiger partial charge in [-0.15, -0.1) is 11.3 Å². The molecule has 0 radical (unpaired) electrons. The molecule has 1 unspecified atom stereocenters. The van der Waals surface area contributed by atoms with Gasteiger partial charge >= 0.3 is 0 Å². The summed E-state index contributed by atoms with van der Waals surface area (Å²) >= 11 is 7.31. The zero-order chi connectivity index (χ0) is 14.0. The number of nitrogens with zero attached hydrogens (tertiary/aromatic N) is 2. The summed E-state index contributed by atoms with van der Waals surface area (Å²) in [6, 6.07) is 7.62. The Hall–Kier alpha value is -1.70. The fourth-order valence-electron chi connectivity index (χ4n) is 1.68. The Kier molecular flexibility index (Phi) is 3.98. The van der Waals surface area contributed by atoms with Crippen molar-refractivity contribution in [2.24, 2.45) is 0 Å². The first-order valence-corrected chi connectivity index (χ1v) is 6.90.